The third kappa shape index (κ3) is 2.95. The van der Waals surface area contributed by atoms with Crippen LogP contribution < -0.4 is 4.72 Å². The van der Waals surface area contributed by atoms with E-state index in [1.54, 1.807) is 37.6 Å². The molecule has 2 aromatic rings. The Balaban J connectivity index is 2.22. The van der Waals surface area contributed by atoms with Gasteiger partial charge in [0.15, 0.2) is 0 Å². The number of aliphatic hydroxyl groups excluding tert-OH is 1. The van der Waals surface area contributed by atoms with Crippen molar-refractivity contribution in [3.8, 4) is 0 Å². The first-order valence-electron chi connectivity index (χ1n) is 6.18. The summed E-state index contributed by atoms with van der Waals surface area (Å²) in [6.45, 7) is 3.31. The third-order valence-electron chi connectivity index (χ3n) is 3.07. The molecule has 0 aliphatic rings. The summed E-state index contributed by atoms with van der Waals surface area (Å²) in [5.41, 5.74) is 0.534. The minimum Gasteiger partial charge on any atom is -0.465 e. The lowest BCUT2D eigenvalue weighted by Crippen LogP contribution is -2.26. The molecule has 1 atom stereocenters. The van der Waals surface area contributed by atoms with Crippen LogP contribution in [0.25, 0.3) is 0 Å². The Bertz CT molecular complexity index is 700. The van der Waals surface area contributed by atoms with E-state index in [2.05, 4.69) is 4.72 Å². The zero-order chi connectivity index (χ0) is 14.9. The minimum atomic E-state index is -3.65. The number of hydrogen-bond acceptors (Lipinski definition) is 4. The molecule has 0 bridgehead atoms. The highest BCUT2D eigenvalue weighted by Gasteiger charge is 2.22. The first-order chi connectivity index (χ1) is 9.33. The van der Waals surface area contributed by atoms with Crippen LogP contribution in [0.15, 0.2) is 33.7 Å². The van der Waals surface area contributed by atoms with E-state index in [1.165, 1.54) is 12.3 Å². The molecule has 2 N–H and O–H groups in total. The van der Waals surface area contributed by atoms with Crippen molar-refractivity contribution >= 4 is 10.0 Å². The Hall–Kier alpha value is -1.57. The van der Waals surface area contributed by atoms with E-state index in [1.807, 2.05) is 0 Å². The van der Waals surface area contributed by atoms with Crippen molar-refractivity contribution in [2.45, 2.75) is 31.4 Å². The first kappa shape index (κ1) is 14.8. The SMILES string of the molecule is Cc1ccc(C(C)NS(=O)(=O)c2cc(CO)n(C)c2)o1. The van der Waals surface area contributed by atoms with Crippen LogP contribution in [-0.4, -0.2) is 18.1 Å². The highest BCUT2D eigenvalue weighted by Crippen LogP contribution is 2.20. The maximum Gasteiger partial charge on any atom is 0.242 e. The zero-order valence-electron chi connectivity index (χ0n) is 11.6. The molecule has 0 fully saturated rings. The Morgan fingerprint density at radius 3 is 2.65 bits per heavy atom. The van der Waals surface area contributed by atoms with Gasteiger partial charge < -0.3 is 14.1 Å². The van der Waals surface area contributed by atoms with Gasteiger partial charge in [-0.3, -0.25) is 0 Å². The molecule has 0 aliphatic carbocycles. The molecular formula is C13H18N2O4S. The van der Waals surface area contributed by atoms with Crippen molar-refractivity contribution in [1.82, 2.24) is 9.29 Å². The van der Waals surface area contributed by atoms with Crippen molar-refractivity contribution in [1.29, 1.82) is 0 Å². The number of furan rings is 1. The molecule has 20 heavy (non-hydrogen) atoms. The predicted molar refractivity (Wildman–Crippen MR) is 73.5 cm³/mol. The van der Waals surface area contributed by atoms with Gasteiger partial charge in [0.1, 0.15) is 11.5 Å². The number of nitrogens with zero attached hydrogens (tertiary/aromatic N) is 1. The summed E-state index contributed by atoms with van der Waals surface area (Å²) in [5, 5.41) is 9.11. The molecule has 0 amide bonds. The van der Waals surface area contributed by atoms with Gasteiger partial charge in [0.2, 0.25) is 10.0 Å². The van der Waals surface area contributed by atoms with Gasteiger partial charge in [-0.25, -0.2) is 13.1 Å². The lowest BCUT2D eigenvalue weighted by molar-refractivity contribution is 0.272. The second-order valence-electron chi connectivity index (χ2n) is 4.73. The highest BCUT2D eigenvalue weighted by molar-refractivity contribution is 7.89. The normalized spacial score (nSPS) is 13.6. The van der Waals surface area contributed by atoms with Crippen molar-refractivity contribution < 1.29 is 17.9 Å². The molecule has 2 heterocycles. The first-order valence-corrected chi connectivity index (χ1v) is 7.66. The smallest absolute Gasteiger partial charge is 0.242 e. The lowest BCUT2D eigenvalue weighted by atomic mass is 10.3. The number of nitrogens with one attached hydrogen (secondary N) is 1. The standard InChI is InChI=1S/C13H18N2O4S/c1-9-4-5-13(19-9)10(2)14-20(17,18)12-6-11(8-16)15(3)7-12/h4-7,10,14,16H,8H2,1-3H3. The van der Waals surface area contributed by atoms with E-state index >= 15 is 0 Å². The number of aryl methyl sites for hydroxylation is 2. The van der Waals surface area contributed by atoms with Gasteiger partial charge in [-0.1, -0.05) is 0 Å². The number of aliphatic hydroxyl groups is 1. The fourth-order valence-corrected chi connectivity index (χ4v) is 3.23. The van der Waals surface area contributed by atoms with Gasteiger partial charge in [0.25, 0.3) is 0 Å². The second-order valence-corrected chi connectivity index (χ2v) is 6.44. The second kappa shape index (κ2) is 5.43. The summed E-state index contributed by atoms with van der Waals surface area (Å²) in [7, 11) is -1.97. The maximum atomic E-state index is 12.3. The minimum absolute atomic E-state index is 0.124. The van der Waals surface area contributed by atoms with E-state index in [-0.39, 0.29) is 11.5 Å². The molecule has 0 radical (unpaired) electrons. The van der Waals surface area contributed by atoms with E-state index < -0.39 is 16.1 Å². The fraction of sp³-hybridized carbons (Fsp3) is 0.385. The average molecular weight is 298 g/mol. The molecule has 6 nitrogen and oxygen atoms in total. The molecule has 2 aromatic heterocycles. The Morgan fingerprint density at radius 1 is 1.45 bits per heavy atom. The summed E-state index contributed by atoms with van der Waals surface area (Å²) < 4.78 is 34.0. The number of sulfonamides is 1. The van der Waals surface area contributed by atoms with Gasteiger partial charge in [-0.15, -0.1) is 0 Å². The molecule has 0 spiro atoms. The maximum absolute atomic E-state index is 12.3. The molecule has 0 aliphatic heterocycles. The van der Waals surface area contributed by atoms with E-state index in [4.69, 9.17) is 9.52 Å². The van der Waals surface area contributed by atoms with Crippen LogP contribution in [0.3, 0.4) is 0 Å². The van der Waals surface area contributed by atoms with Crippen LogP contribution >= 0.6 is 0 Å². The monoisotopic (exact) mass is 298 g/mol. The van der Waals surface area contributed by atoms with E-state index in [0.717, 1.165) is 5.76 Å². The largest absolute Gasteiger partial charge is 0.465 e. The molecule has 1 unspecified atom stereocenters. The Kier molecular flexibility index (Phi) is 4.03. The van der Waals surface area contributed by atoms with Gasteiger partial charge >= 0.3 is 0 Å². The van der Waals surface area contributed by atoms with Crippen LogP contribution in [0.4, 0.5) is 0 Å². The Labute approximate surface area is 118 Å². The van der Waals surface area contributed by atoms with Crippen molar-refractivity contribution in [3.05, 3.63) is 41.6 Å². The van der Waals surface area contributed by atoms with Crippen molar-refractivity contribution in [3.63, 3.8) is 0 Å². The topological polar surface area (TPSA) is 84.5 Å². The van der Waals surface area contributed by atoms with Crippen LogP contribution in [0, 0.1) is 6.92 Å². The van der Waals surface area contributed by atoms with Crippen LogP contribution in [0.2, 0.25) is 0 Å². The molecule has 7 heteroatoms. The molecule has 110 valence electrons. The molecule has 0 aromatic carbocycles. The van der Waals surface area contributed by atoms with Gasteiger partial charge in [0, 0.05) is 18.9 Å². The summed E-state index contributed by atoms with van der Waals surface area (Å²) in [6.07, 6.45) is 1.47. The summed E-state index contributed by atoms with van der Waals surface area (Å²) in [4.78, 5) is 0.124. The van der Waals surface area contributed by atoms with Gasteiger partial charge in [-0.2, -0.15) is 0 Å². The molecular weight excluding hydrogens is 280 g/mol. The number of rotatable bonds is 5. The van der Waals surface area contributed by atoms with Crippen molar-refractivity contribution in [2.24, 2.45) is 7.05 Å². The van der Waals surface area contributed by atoms with Crippen molar-refractivity contribution in [2.75, 3.05) is 0 Å². The van der Waals surface area contributed by atoms with Crippen LogP contribution in [0.1, 0.15) is 30.2 Å². The molecule has 2 rings (SSSR count). The molecule has 0 saturated heterocycles. The quantitative estimate of drug-likeness (QED) is 0.875. The Morgan fingerprint density at radius 2 is 2.15 bits per heavy atom. The zero-order valence-corrected chi connectivity index (χ0v) is 12.4. The van der Waals surface area contributed by atoms with Gasteiger partial charge in [0.05, 0.1) is 17.5 Å². The predicted octanol–water partition coefficient (Wildman–Crippen LogP) is 1.46. The summed E-state index contributed by atoms with van der Waals surface area (Å²) in [5.74, 6) is 1.29. The summed E-state index contributed by atoms with van der Waals surface area (Å²) in [6, 6.07) is 4.51. The van der Waals surface area contributed by atoms with Gasteiger partial charge in [-0.05, 0) is 32.0 Å². The van der Waals surface area contributed by atoms with Crippen LogP contribution in [-0.2, 0) is 23.7 Å². The highest BCUT2D eigenvalue weighted by atomic mass is 32.2. The summed E-state index contributed by atoms with van der Waals surface area (Å²) >= 11 is 0. The van der Waals surface area contributed by atoms with E-state index in [9.17, 15) is 8.42 Å². The van der Waals surface area contributed by atoms with E-state index in [0.29, 0.717) is 11.5 Å². The lowest BCUT2D eigenvalue weighted by Gasteiger charge is -2.11. The fourth-order valence-electron chi connectivity index (χ4n) is 1.93. The average Bonchev–Trinajstić information content (AvgIpc) is 2.95. The molecule has 0 saturated carbocycles. The number of aromatic nitrogens is 1. The third-order valence-corrected chi connectivity index (χ3v) is 4.58. The van der Waals surface area contributed by atoms with Crippen LogP contribution in [0.5, 0.6) is 0 Å². The number of hydrogen-bond donors (Lipinski definition) is 2.